The molecule has 4 fully saturated rings. The van der Waals surface area contributed by atoms with Gasteiger partial charge in [-0.05, 0) is 55.3 Å². The van der Waals surface area contributed by atoms with Crippen LogP contribution in [0.5, 0.6) is 0 Å². The lowest BCUT2D eigenvalue weighted by atomic mass is 9.40. The second-order valence-electron chi connectivity index (χ2n) is 7.27. The van der Waals surface area contributed by atoms with E-state index in [0.29, 0.717) is 10.8 Å². The third kappa shape index (κ3) is 1.20. The van der Waals surface area contributed by atoms with E-state index in [9.17, 15) is 4.79 Å². The van der Waals surface area contributed by atoms with Crippen LogP contribution in [-0.4, -0.2) is 5.91 Å². The lowest BCUT2D eigenvalue weighted by Crippen LogP contribution is -2.59. The molecule has 15 heavy (non-hydrogen) atoms. The maximum Gasteiger partial charge on any atom is 0.223 e. The fraction of sp³-hybridized carbons (Fsp3) is 0.923. The Morgan fingerprint density at radius 1 is 1.07 bits per heavy atom. The molecular weight excluding hydrogens is 186 g/mol. The minimum atomic E-state index is -0.136. The zero-order valence-corrected chi connectivity index (χ0v) is 9.81. The summed E-state index contributed by atoms with van der Waals surface area (Å²) in [6.45, 7) is 4.74. The summed E-state index contributed by atoms with van der Waals surface area (Å²) in [5.41, 5.74) is 6.35. The Hall–Kier alpha value is -0.530. The van der Waals surface area contributed by atoms with Crippen molar-refractivity contribution in [3.8, 4) is 0 Å². The number of amides is 1. The van der Waals surface area contributed by atoms with Gasteiger partial charge in [-0.15, -0.1) is 0 Å². The lowest BCUT2D eigenvalue weighted by Gasteiger charge is -2.64. The van der Waals surface area contributed by atoms with Gasteiger partial charge in [-0.3, -0.25) is 4.79 Å². The second kappa shape index (κ2) is 2.41. The van der Waals surface area contributed by atoms with Crippen LogP contribution in [0.3, 0.4) is 0 Å². The predicted molar refractivity (Wildman–Crippen MR) is 59.0 cm³/mol. The van der Waals surface area contributed by atoms with Crippen molar-refractivity contribution in [2.45, 2.75) is 52.4 Å². The SMILES string of the molecule is C[C@]12CC3CC(C(N)=O)(C1)C[C@](C)(C3)C2. The van der Waals surface area contributed by atoms with Crippen molar-refractivity contribution in [1.82, 2.24) is 0 Å². The van der Waals surface area contributed by atoms with Gasteiger partial charge in [0.05, 0.1) is 5.41 Å². The average molecular weight is 207 g/mol. The number of carbonyl (C=O) groups is 1. The number of primary amides is 1. The number of carbonyl (C=O) groups excluding carboxylic acids is 1. The largest absolute Gasteiger partial charge is 0.369 e. The smallest absolute Gasteiger partial charge is 0.223 e. The highest BCUT2D eigenvalue weighted by atomic mass is 16.1. The van der Waals surface area contributed by atoms with Crippen molar-refractivity contribution in [1.29, 1.82) is 0 Å². The minimum absolute atomic E-state index is 0.0240. The van der Waals surface area contributed by atoms with Crippen LogP contribution in [0.1, 0.15) is 52.4 Å². The molecule has 0 spiro atoms. The Balaban J connectivity index is 2.05. The summed E-state index contributed by atoms with van der Waals surface area (Å²) in [6.07, 6.45) is 7.16. The van der Waals surface area contributed by atoms with E-state index >= 15 is 0 Å². The van der Waals surface area contributed by atoms with Crippen LogP contribution in [0, 0.1) is 22.2 Å². The number of nitrogens with two attached hydrogens (primary N) is 1. The molecule has 4 aliphatic rings. The Morgan fingerprint density at radius 3 is 2.00 bits per heavy atom. The van der Waals surface area contributed by atoms with Crippen LogP contribution < -0.4 is 5.73 Å². The Kier molecular flexibility index (Phi) is 1.56. The van der Waals surface area contributed by atoms with Gasteiger partial charge in [0.1, 0.15) is 0 Å². The van der Waals surface area contributed by atoms with Crippen LogP contribution in [0.25, 0.3) is 0 Å². The van der Waals surface area contributed by atoms with Crippen LogP contribution in [0.15, 0.2) is 0 Å². The van der Waals surface area contributed by atoms with E-state index in [1.54, 1.807) is 0 Å². The van der Waals surface area contributed by atoms with Crippen molar-refractivity contribution >= 4 is 5.91 Å². The summed E-state index contributed by atoms with van der Waals surface area (Å²) < 4.78 is 0. The van der Waals surface area contributed by atoms with Crippen LogP contribution in [-0.2, 0) is 4.79 Å². The maximum atomic E-state index is 11.8. The topological polar surface area (TPSA) is 43.1 Å². The zero-order chi connectivity index (χ0) is 10.9. The number of hydrogen-bond acceptors (Lipinski definition) is 1. The molecule has 2 nitrogen and oxygen atoms in total. The summed E-state index contributed by atoms with van der Waals surface area (Å²) >= 11 is 0. The van der Waals surface area contributed by atoms with Crippen molar-refractivity contribution in [2.24, 2.45) is 27.9 Å². The summed E-state index contributed by atoms with van der Waals surface area (Å²) in [7, 11) is 0. The van der Waals surface area contributed by atoms with E-state index in [1.807, 2.05) is 0 Å². The van der Waals surface area contributed by atoms with Crippen LogP contribution >= 0.6 is 0 Å². The molecule has 0 aromatic rings. The van der Waals surface area contributed by atoms with E-state index in [4.69, 9.17) is 5.73 Å². The molecule has 4 rings (SSSR count). The molecule has 1 amide bonds. The molecule has 2 atom stereocenters. The second-order valence-corrected chi connectivity index (χ2v) is 7.27. The van der Waals surface area contributed by atoms with Gasteiger partial charge in [0.15, 0.2) is 0 Å². The number of hydrogen-bond donors (Lipinski definition) is 1. The molecule has 2 N–H and O–H groups in total. The molecule has 0 heterocycles. The van der Waals surface area contributed by atoms with Crippen LogP contribution in [0.2, 0.25) is 0 Å². The molecule has 84 valence electrons. The summed E-state index contributed by atoms with van der Waals surface area (Å²) in [5.74, 6) is 0.743. The number of rotatable bonds is 1. The van der Waals surface area contributed by atoms with E-state index in [-0.39, 0.29) is 11.3 Å². The molecule has 4 bridgehead atoms. The molecule has 0 aliphatic heterocycles. The van der Waals surface area contributed by atoms with Crippen LogP contribution in [0.4, 0.5) is 0 Å². The van der Waals surface area contributed by atoms with Crippen molar-refractivity contribution in [2.75, 3.05) is 0 Å². The average Bonchev–Trinajstić information content (AvgIpc) is 1.95. The maximum absolute atomic E-state index is 11.8. The Bertz CT molecular complexity index is 317. The quantitative estimate of drug-likeness (QED) is 0.705. The fourth-order valence-corrected chi connectivity index (χ4v) is 5.72. The highest BCUT2D eigenvalue weighted by Gasteiger charge is 2.62. The van der Waals surface area contributed by atoms with E-state index in [2.05, 4.69) is 13.8 Å². The first-order valence-electron chi connectivity index (χ1n) is 6.15. The molecule has 4 saturated carbocycles. The standard InChI is InChI=1S/C13H21NO/c1-11-3-9-4-12(2,6-11)8-13(5-9,7-11)10(14)15/h9H,3-8H2,1-2H3,(H2,14,15)/t9?,11-,12-,13?/m1/s1. The van der Waals surface area contributed by atoms with Gasteiger partial charge in [0.25, 0.3) is 0 Å². The minimum Gasteiger partial charge on any atom is -0.369 e. The molecule has 0 unspecified atom stereocenters. The molecule has 0 aromatic heterocycles. The molecule has 4 aliphatic carbocycles. The van der Waals surface area contributed by atoms with Gasteiger partial charge >= 0.3 is 0 Å². The highest BCUT2D eigenvalue weighted by molar-refractivity contribution is 5.81. The van der Waals surface area contributed by atoms with Crippen molar-refractivity contribution in [3.63, 3.8) is 0 Å². The van der Waals surface area contributed by atoms with Crippen molar-refractivity contribution < 1.29 is 4.79 Å². The summed E-state index contributed by atoms with van der Waals surface area (Å²) in [4.78, 5) is 11.8. The fourth-order valence-electron chi connectivity index (χ4n) is 5.72. The monoisotopic (exact) mass is 207 g/mol. The first-order valence-corrected chi connectivity index (χ1v) is 6.15. The van der Waals surface area contributed by atoms with Gasteiger partial charge in [0, 0.05) is 0 Å². The predicted octanol–water partition coefficient (Wildman–Crippen LogP) is 2.47. The lowest BCUT2D eigenvalue weighted by molar-refractivity contribution is -0.167. The van der Waals surface area contributed by atoms with Gasteiger partial charge in [-0.1, -0.05) is 13.8 Å². The van der Waals surface area contributed by atoms with E-state index in [1.165, 1.54) is 19.3 Å². The molecular formula is C13H21NO. The molecule has 0 radical (unpaired) electrons. The first-order chi connectivity index (χ1) is 6.85. The molecule has 0 aromatic carbocycles. The van der Waals surface area contributed by atoms with Gasteiger partial charge in [0.2, 0.25) is 5.91 Å². The van der Waals surface area contributed by atoms with Gasteiger partial charge < -0.3 is 5.73 Å². The normalized spacial score (nSPS) is 57.1. The molecule has 0 saturated heterocycles. The van der Waals surface area contributed by atoms with E-state index in [0.717, 1.165) is 25.2 Å². The molecule has 2 heteroatoms. The summed E-state index contributed by atoms with van der Waals surface area (Å²) in [6, 6.07) is 0. The third-order valence-electron chi connectivity index (χ3n) is 5.15. The Morgan fingerprint density at radius 2 is 1.60 bits per heavy atom. The zero-order valence-electron chi connectivity index (χ0n) is 9.81. The van der Waals surface area contributed by atoms with Gasteiger partial charge in [-0.25, -0.2) is 0 Å². The van der Waals surface area contributed by atoms with E-state index < -0.39 is 0 Å². The Labute approximate surface area is 91.6 Å². The summed E-state index contributed by atoms with van der Waals surface area (Å²) in [5, 5.41) is 0. The van der Waals surface area contributed by atoms with Gasteiger partial charge in [-0.2, -0.15) is 0 Å². The van der Waals surface area contributed by atoms with Crippen molar-refractivity contribution in [3.05, 3.63) is 0 Å². The third-order valence-corrected chi connectivity index (χ3v) is 5.15. The first kappa shape index (κ1) is 9.68. The highest BCUT2D eigenvalue weighted by Crippen LogP contribution is 2.69.